The molecule has 1 aliphatic rings. The van der Waals surface area contributed by atoms with Crippen molar-refractivity contribution in [3.05, 3.63) is 65.2 Å². The first-order valence-corrected chi connectivity index (χ1v) is 7.61. The van der Waals surface area contributed by atoms with Crippen molar-refractivity contribution in [2.24, 2.45) is 0 Å². The average molecular weight is 298 g/mol. The van der Waals surface area contributed by atoms with Crippen LogP contribution in [0.25, 0.3) is 0 Å². The predicted molar refractivity (Wildman–Crippen MR) is 83.3 cm³/mol. The molecule has 0 saturated carbocycles. The van der Waals surface area contributed by atoms with Gasteiger partial charge in [-0.2, -0.15) is 4.39 Å². The van der Waals surface area contributed by atoms with Gasteiger partial charge < -0.3 is 4.90 Å². The summed E-state index contributed by atoms with van der Waals surface area (Å²) >= 11 is 0. The zero-order chi connectivity index (χ0) is 15.5. The molecule has 1 atom stereocenters. The Bertz CT molecular complexity index is 686. The van der Waals surface area contributed by atoms with Crippen LogP contribution in [0.5, 0.6) is 0 Å². The van der Waals surface area contributed by atoms with Gasteiger partial charge in [-0.25, -0.2) is 4.98 Å². The van der Waals surface area contributed by atoms with Gasteiger partial charge in [0.25, 0.3) is 5.91 Å². The number of carbonyl (C=O) groups is 1. The lowest BCUT2D eigenvalue weighted by atomic mass is 9.88. The van der Waals surface area contributed by atoms with Gasteiger partial charge in [-0.1, -0.05) is 24.3 Å². The number of amides is 1. The quantitative estimate of drug-likeness (QED) is 0.794. The summed E-state index contributed by atoms with van der Waals surface area (Å²) in [4.78, 5) is 17.9. The van der Waals surface area contributed by atoms with Gasteiger partial charge in [-0.15, -0.1) is 0 Å². The zero-order valence-electron chi connectivity index (χ0n) is 12.6. The molecule has 3 rings (SSSR count). The molecular formula is C18H19FN2O. The Morgan fingerprint density at radius 2 is 2.14 bits per heavy atom. The Balaban J connectivity index is 1.78. The molecule has 22 heavy (non-hydrogen) atoms. The number of aryl methyl sites for hydroxylation is 1. The largest absolute Gasteiger partial charge is 0.338 e. The maximum absolute atomic E-state index is 13.2. The highest BCUT2D eigenvalue weighted by molar-refractivity contribution is 5.94. The molecule has 1 fully saturated rings. The van der Waals surface area contributed by atoms with Crippen molar-refractivity contribution in [3.63, 3.8) is 0 Å². The molecular weight excluding hydrogens is 279 g/mol. The zero-order valence-corrected chi connectivity index (χ0v) is 12.6. The van der Waals surface area contributed by atoms with Gasteiger partial charge in [0.05, 0.1) is 0 Å². The highest BCUT2D eigenvalue weighted by Crippen LogP contribution is 2.29. The smallest absolute Gasteiger partial charge is 0.254 e. The third-order valence-corrected chi connectivity index (χ3v) is 4.31. The molecule has 0 aliphatic carbocycles. The molecule has 2 aromatic rings. The van der Waals surface area contributed by atoms with Gasteiger partial charge in [0, 0.05) is 36.8 Å². The van der Waals surface area contributed by atoms with Gasteiger partial charge in [-0.3, -0.25) is 4.79 Å². The second-order valence-corrected chi connectivity index (χ2v) is 5.81. The molecule has 0 radical (unpaired) electrons. The van der Waals surface area contributed by atoms with Crippen molar-refractivity contribution in [1.29, 1.82) is 0 Å². The number of hydrogen-bond acceptors (Lipinski definition) is 2. The number of benzene rings is 1. The van der Waals surface area contributed by atoms with Crippen LogP contribution >= 0.6 is 0 Å². The number of likely N-dealkylation sites (tertiary alicyclic amines) is 1. The van der Waals surface area contributed by atoms with Gasteiger partial charge in [0.1, 0.15) is 0 Å². The van der Waals surface area contributed by atoms with Crippen molar-refractivity contribution in [2.45, 2.75) is 25.7 Å². The lowest BCUT2D eigenvalue weighted by Crippen LogP contribution is -2.39. The number of nitrogens with zero attached hydrogens (tertiary/aromatic N) is 2. The van der Waals surface area contributed by atoms with Crippen molar-refractivity contribution < 1.29 is 9.18 Å². The second-order valence-electron chi connectivity index (χ2n) is 5.81. The molecule has 1 aromatic carbocycles. The summed E-state index contributed by atoms with van der Waals surface area (Å²) < 4.78 is 13.2. The Morgan fingerprint density at radius 1 is 1.32 bits per heavy atom. The van der Waals surface area contributed by atoms with Crippen molar-refractivity contribution in [2.75, 3.05) is 13.1 Å². The van der Waals surface area contributed by atoms with E-state index >= 15 is 0 Å². The standard InChI is InChI=1S/C18H19FN2O/c1-13-5-2-3-7-16(13)15-6-4-10-21(12-15)18(22)14-8-9-20-17(19)11-14/h2-3,5,7-9,11,15H,4,6,10,12H2,1H3. The third-order valence-electron chi connectivity index (χ3n) is 4.31. The minimum Gasteiger partial charge on any atom is -0.338 e. The minimum absolute atomic E-state index is 0.111. The number of pyridine rings is 1. The number of carbonyl (C=O) groups excluding carboxylic acids is 1. The maximum atomic E-state index is 13.2. The van der Waals surface area contributed by atoms with E-state index in [-0.39, 0.29) is 5.91 Å². The number of halogens is 1. The van der Waals surface area contributed by atoms with E-state index in [9.17, 15) is 9.18 Å². The summed E-state index contributed by atoms with van der Waals surface area (Å²) in [6, 6.07) is 11.1. The molecule has 3 nitrogen and oxygen atoms in total. The molecule has 1 unspecified atom stereocenters. The van der Waals surface area contributed by atoms with Crippen LogP contribution in [0.2, 0.25) is 0 Å². The summed E-state index contributed by atoms with van der Waals surface area (Å²) in [6.45, 7) is 3.52. The summed E-state index contributed by atoms with van der Waals surface area (Å²) in [6.07, 6.45) is 3.39. The second kappa shape index (κ2) is 6.26. The number of hydrogen-bond donors (Lipinski definition) is 0. The summed E-state index contributed by atoms with van der Waals surface area (Å²) in [7, 11) is 0. The van der Waals surface area contributed by atoms with E-state index in [2.05, 4.69) is 24.0 Å². The Morgan fingerprint density at radius 3 is 2.91 bits per heavy atom. The third kappa shape index (κ3) is 3.01. The van der Waals surface area contributed by atoms with Crippen LogP contribution in [-0.2, 0) is 0 Å². The fourth-order valence-corrected chi connectivity index (χ4v) is 3.18. The van der Waals surface area contributed by atoms with Crippen molar-refractivity contribution >= 4 is 5.91 Å². The summed E-state index contributed by atoms with van der Waals surface area (Å²) in [5.74, 6) is -0.372. The van der Waals surface area contributed by atoms with Gasteiger partial charge in [0.2, 0.25) is 5.95 Å². The van der Waals surface area contributed by atoms with E-state index < -0.39 is 5.95 Å². The summed E-state index contributed by atoms with van der Waals surface area (Å²) in [5, 5.41) is 0. The summed E-state index contributed by atoms with van der Waals surface area (Å²) in [5.41, 5.74) is 2.94. The predicted octanol–water partition coefficient (Wildman–Crippen LogP) is 3.55. The number of piperidine rings is 1. The first-order chi connectivity index (χ1) is 10.6. The Kier molecular flexibility index (Phi) is 4.18. The molecule has 4 heteroatoms. The van der Waals surface area contributed by atoms with E-state index in [1.54, 1.807) is 6.07 Å². The Labute approximate surface area is 129 Å². The van der Waals surface area contributed by atoms with E-state index in [4.69, 9.17) is 0 Å². The van der Waals surface area contributed by atoms with Gasteiger partial charge >= 0.3 is 0 Å². The van der Waals surface area contributed by atoms with Crippen LogP contribution in [0.1, 0.15) is 40.2 Å². The van der Waals surface area contributed by atoms with Crippen LogP contribution in [0.3, 0.4) is 0 Å². The lowest BCUT2D eigenvalue weighted by molar-refractivity contribution is 0.0706. The molecule has 1 aliphatic heterocycles. The molecule has 1 amide bonds. The van der Waals surface area contributed by atoms with Crippen LogP contribution in [0.4, 0.5) is 4.39 Å². The molecule has 1 aromatic heterocycles. The maximum Gasteiger partial charge on any atom is 0.254 e. The van der Waals surface area contributed by atoms with Crippen LogP contribution in [0.15, 0.2) is 42.6 Å². The average Bonchev–Trinajstić information content (AvgIpc) is 2.55. The van der Waals surface area contributed by atoms with Crippen molar-refractivity contribution in [1.82, 2.24) is 9.88 Å². The normalized spacial score (nSPS) is 18.3. The topological polar surface area (TPSA) is 33.2 Å². The molecule has 1 saturated heterocycles. The van der Waals surface area contributed by atoms with Gasteiger partial charge in [0.15, 0.2) is 0 Å². The molecule has 114 valence electrons. The lowest BCUT2D eigenvalue weighted by Gasteiger charge is -2.33. The fraction of sp³-hybridized carbons (Fsp3) is 0.333. The Hall–Kier alpha value is -2.23. The number of aromatic nitrogens is 1. The first kappa shape index (κ1) is 14.7. The molecule has 2 heterocycles. The SMILES string of the molecule is Cc1ccccc1C1CCCN(C(=O)c2ccnc(F)c2)C1. The molecule has 0 N–H and O–H groups in total. The van der Waals surface area contributed by atoms with Crippen LogP contribution < -0.4 is 0 Å². The fourth-order valence-electron chi connectivity index (χ4n) is 3.18. The monoisotopic (exact) mass is 298 g/mol. The highest BCUT2D eigenvalue weighted by Gasteiger charge is 2.26. The van der Waals surface area contributed by atoms with E-state index in [1.165, 1.54) is 23.4 Å². The van der Waals surface area contributed by atoms with E-state index in [0.717, 1.165) is 19.4 Å². The highest BCUT2D eigenvalue weighted by atomic mass is 19.1. The molecule has 0 bridgehead atoms. The molecule has 0 spiro atoms. The van der Waals surface area contributed by atoms with Crippen LogP contribution in [0, 0.1) is 12.9 Å². The van der Waals surface area contributed by atoms with Crippen molar-refractivity contribution in [3.8, 4) is 0 Å². The minimum atomic E-state index is -0.613. The van der Waals surface area contributed by atoms with E-state index in [1.807, 2.05) is 17.0 Å². The van der Waals surface area contributed by atoms with Crippen LogP contribution in [-0.4, -0.2) is 28.9 Å². The van der Waals surface area contributed by atoms with E-state index in [0.29, 0.717) is 18.0 Å². The van der Waals surface area contributed by atoms with Gasteiger partial charge in [-0.05, 0) is 37.0 Å². The number of rotatable bonds is 2. The first-order valence-electron chi connectivity index (χ1n) is 7.61.